The zero-order chi connectivity index (χ0) is 17.8. The number of carboxylic acid groups (broad SMARTS) is 1. The van der Waals surface area contributed by atoms with E-state index in [9.17, 15) is 14.7 Å². The maximum atomic E-state index is 12.7. The second-order valence-corrected chi connectivity index (χ2v) is 8.29. The average Bonchev–Trinajstić information content (AvgIpc) is 2.62. The molecule has 0 aromatic carbocycles. The topological polar surface area (TPSA) is 83.8 Å². The number of carboxylic acids is 1. The largest absolute Gasteiger partial charge is 0.481 e. The van der Waals surface area contributed by atoms with Gasteiger partial charge >= 0.3 is 5.97 Å². The van der Waals surface area contributed by atoms with Crippen LogP contribution in [0.25, 0.3) is 0 Å². The number of Topliss-reactive ketones (excluding diaryl/α,β-unsaturated/α-hetero) is 1. The third-order valence-electron chi connectivity index (χ3n) is 6.55. The van der Waals surface area contributed by atoms with E-state index < -0.39 is 12.1 Å². The number of carbonyl (C=O) groups is 2. The molecule has 25 heavy (non-hydrogen) atoms. The van der Waals surface area contributed by atoms with E-state index in [1.165, 1.54) is 6.42 Å². The van der Waals surface area contributed by atoms with Gasteiger partial charge in [-0.2, -0.15) is 0 Å². The van der Waals surface area contributed by atoms with Crippen molar-refractivity contribution in [3.05, 3.63) is 0 Å². The van der Waals surface area contributed by atoms with Crippen LogP contribution >= 0.6 is 0 Å². The minimum Gasteiger partial charge on any atom is -0.481 e. The summed E-state index contributed by atoms with van der Waals surface area (Å²) in [6.45, 7) is 0. The molecule has 3 aliphatic rings. The van der Waals surface area contributed by atoms with E-state index >= 15 is 0 Å². The van der Waals surface area contributed by atoms with Gasteiger partial charge in [0.1, 0.15) is 5.78 Å². The molecule has 2 N–H and O–H groups in total. The maximum absolute atomic E-state index is 12.7. The summed E-state index contributed by atoms with van der Waals surface area (Å²) in [7, 11) is 0. The lowest BCUT2D eigenvalue weighted by Gasteiger charge is -2.37. The van der Waals surface area contributed by atoms with Crippen molar-refractivity contribution >= 4 is 11.8 Å². The zero-order valence-electron chi connectivity index (χ0n) is 15.1. The zero-order valence-corrected chi connectivity index (χ0v) is 15.1. The molecule has 0 aromatic heterocycles. The molecule has 3 fully saturated rings. The minimum atomic E-state index is -0.699. The van der Waals surface area contributed by atoms with E-state index in [0.717, 1.165) is 51.4 Å². The molecule has 3 saturated carbocycles. The van der Waals surface area contributed by atoms with Gasteiger partial charge in [0.15, 0.2) is 0 Å². The van der Waals surface area contributed by atoms with E-state index in [2.05, 4.69) is 0 Å². The van der Waals surface area contributed by atoms with Gasteiger partial charge in [0, 0.05) is 18.3 Å². The molecular formula is C20H32O5. The van der Waals surface area contributed by atoms with E-state index in [1.54, 1.807) is 0 Å². The van der Waals surface area contributed by atoms with Crippen LogP contribution in [0.4, 0.5) is 0 Å². The van der Waals surface area contributed by atoms with Crippen molar-refractivity contribution in [2.75, 3.05) is 0 Å². The van der Waals surface area contributed by atoms with Crippen molar-refractivity contribution in [2.45, 2.75) is 95.4 Å². The molecule has 5 nitrogen and oxygen atoms in total. The van der Waals surface area contributed by atoms with Gasteiger partial charge in [0.2, 0.25) is 0 Å². The molecule has 3 atom stereocenters. The van der Waals surface area contributed by atoms with Crippen LogP contribution in [0.15, 0.2) is 0 Å². The normalized spacial score (nSPS) is 37.6. The quantitative estimate of drug-likeness (QED) is 0.793. The molecule has 3 rings (SSSR count). The molecule has 5 heteroatoms. The second-order valence-electron chi connectivity index (χ2n) is 8.29. The van der Waals surface area contributed by atoms with Gasteiger partial charge in [-0.1, -0.05) is 19.3 Å². The van der Waals surface area contributed by atoms with E-state index in [4.69, 9.17) is 9.84 Å². The number of carbonyl (C=O) groups excluding carboxylic acids is 1. The Labute approximate surface area is 150 Å². The Morgan fingerprint density at radius 2 is 1.40 bits per heavy atom. The summed E-state index contributed by atoms with van der Waals surface area (Å²) >= 11 is 0. The minimum absolute atomic E-state index is 0.0109. The Bertz CT molecular complexity index is 463. The summed E-state index contributed by atoms with van der Waals surface area (Å²) in [5, 5.41) is 19.6. The first-order valence-corrected chi connectivity index (χ1v) is 10.1. The molecule has 0 saturated heterocycles. The van der Waals surface area contributed by atoms with Crippen molar-refractivity contribution in [1.82, 2.24) is 0 Å². The SMILES string of the molecule is O=C(O)C1CCC(OC2CCC(C(=O)C3CCCCC3)C(O)C2)CC1. The number of aliphatic hydroxyl groups excluding tert-OH is 1. The van der Waals surface area contributed by atoms with Crippen LogP contribution in [0.5, 0.6) is 0 Å². The molecule has 0 radical (unpaired) electrons. The van der Waals surface area contributed by atoms with Gasteiger partial charge in [0.25, 0.3) is 0 Å². The van der Waals surface area contributed by atoms with E-state index in [1.807, 2.05) is 0 Å². The fraction of sp³-hybridized carbons (Fsp3) is 0.900. The fourth-order valence-electron chi connectivity index (χ4n) is 4.97. The Balaban J connectivity index is 1.44. The first-order chi connectivity index (χ1) is 12.0. The third kappa shape index (κ3) is 4.82. The Kier molecular flexibility index (Phi) is 6.50. The van der Waals surface area contributed by atoms with Crippen LogP contribution in [0, 0.1) is 17.8 Å². The fourth-order valence-corrected chi connectivity index (χ4v) is 4.97. The van der Waals surface area contributed by atoms with Gasteiger partial charge in [-0.3, -0.25) is 9.59 Å². The number of ketones is 1. The van der Waals surface area contributed by atoms with Crippen LogP contribution in [0.3, 0.4) is 0 Å². The number of hydrogen-bond donors (Lipinski definition) is 2. The van der Waals surface area contributed by atoms with Gasteiger partial charge in [0.05, 0.1) is 24.2 Å². The van der Waals surface area contributed by atoms with Crippen molar-refractivity contribution in [2.24, 2.45) is 17.8 Å². The number of ether oxygens (including phenoxy) is 1. The average molecular weight is 352 g/mol. The summed E-state index contributed by atoms with van der Waals surface area (Å²) in [5.74, 6) is -0.680. The number of hydrogen-bond acceptors (Lipinski definition) is 4. The van der Waals surface area contributed by atoms with Crippen LogP contribution in [-0.2, 0) is 14.3 Å². The first kappa shape index (κ1) is 18.8. The van der Waals surface area contributed by atoms with Crippen molar-refractivity contribution in [3.63, 3.8) is 0 Å². The standard InChI is InChI=1S/C20H32O5/c21-18-12-16(25-15-8-6-14(7-9-15)20(23)24)10-11-17(18)19(22)13-4-2-1-3-5-13/h13-18,21H,1-12H2,(H,23,24). The summed E-state index contributed by atoms with van der Waals surface area (Å²) in [6, 6.07) is 0. The molecule has 0 bridgehead atoms. The summed E-state index contributed by atoms with van der Waals surface area (Å²) in [6.07, 6.45) is 10.1. The van der Waals surface area contributed by atoms with Crippen molar-refractivity contribution < 1.29 is 24.5 Å². The Morgan fingerprint density at radius 1 is 0.760 bits per heavy atom. The van der Waals surface area contributed by atoms with Crippen LogP contribution in [0.2, 0.25) is 0 Å². The molecule has 0 aromatic rings. The third-order valence-corrected chi connectivity index (χ3v) is 6.55. The first-order valence-electron chi connectivity index (χ1n) is 10.1. The van der Waals surface area contributed by atoms with Crippen LogP contribution in [-0.4, -0.2) is 40.3 Å². The highest BCUT2D eigenvalue weighted by molar-refractivity contribution is 5.84. The van der Waals surface area contributed by atoms with Crippen LogP contribution in [0.1, 0.15) is 77.0 Å². The predicted octanol–water partition coefficient (Wildman–Crippen LogP) is 3.33. The highest BCUT2D eigenvalue weighted by atomic mass is 16.5. The molecule has 0 heterocycles. The molecule has 0 aliphatic heterocycles. The van der Waals surface area contributed by atoms with E-state index in [0.29, 0.717) is 19.3 Å². The number of aliphatic hydroxyl groups is 1. The van der Waals surface area contributed by atoms with E-state index in [-0.39, 0.29) is 35.7 Å². The van der Waals surface area contributed by atoms with Gasteiger partial charge in [-0.25, -0.2) is 0 Å². The van der Waals surface area contributed by atoms with Crippen molar-refractivity contribution in [1.29, 1.82) is 0 Å². The number of rotatable bonds is 5. The Morgan fingerprint density at radius 3 is 2.00 bits per heavy atom. The molecule has 3 aliphatic carbocycles. The number of aliphatic carboxylic acids is 1. The predicted molar refractivity (Wildman–Crippen MR) is 93.2 cm³/mol. The van der Waals surface area contributed by atoms with Gasteiger partial charge in [-0.15, -0.1) is 0 Å². The summed E-state index contributed by atoms with van der Waals surface area (Å²) in [4.78, 5) is 23.7. The highest BCUT2D eigenvalue weighted by Gasteiger charge is 2.38. The molecule has 0 spiro atoms. The summed E-state index contributed by atoms with van der Waals surface area (Å²) < 4.78 is 6.14. The molecular weight excluding hydrogens is 320 g/mol. The Hall–Kier alpha value is -0.940. The van der Waals surface area contributed by atoms with Crippen molar-refractivity contribution in [3.8, 4) is 0 Å². The lowest BCUT2D eigenvalue weighted by atomic mass is 9.74. The molecule has 142 valence electrons. The molecule has 3 unspecified atom stereocenters. The van der Waals surface area contributed by atoms with Gasteiger partial charge < -0.3 is 14.9 Å². The highest BCUT2D eigenvalue weighted by Crippen LogP contribution is 2.35. The smallest absolute Gasteiger partial charge is 0.306 e. The maximum Gasteiger partial charge on any atom is 0.306 e. The monoisotopic (exact) mass is 352 g/mol. The van der Waals surface area contributed by atoms with Gasteiger partial charge in [-0.05, 0) is 51.4 Å². The lowest BCUT2D eigenvalue weighted by molar-refractivity contribution is -0.145. The second kappa shape index (κ2) is 8.63. The summed E-state index contributed by atoms with van der Waals surface area (Å²) in [5.41, 5.74) is 0. The molecule has 0 amide bonds. The van der Waals surface area contributed by atoms with Crippen LogP contribution < -0.4 is 0 Å². The lowest BCUT2D eigenvalue weighted by Crippen LogP contribution is -2.42.